The molecule has 11 heteroatoms. The van der Waals surface area contributed by atoms with Gasteiger partial charge in [-0.3, -0.25) is 28.0 Å². The number of carbonyl (C=O) groups excluding carboxylic acids is 2. The van der Waals surface area contributed by atoms with Gasteiger partial charge in [0.25, 0.3) is 5.91 Å². The van der Waals surface area contributed by atoms with Gasteiger partial charge in [0.05, 0.1) is 12.2 Å². The van der Waals surface area contributed by atoms with E-state index in [4.69, 9.17) is 0 Å². The lowest BCUT2D eigenvalue weighted by Gasteiger charge is -2.47. The number of fused-ring (bicyclic) bond motifs is 1. The van der Waals surface area contributed by atoms with Gasteiger partial charge < -0.3 is 15.3 Å². The van der Waals surface area contributed by atoms with Crippen LogP contribution in [0.15, 0.2) is 42.6 Å². The van der Waals surface area contributed by atoms with Crippen molar-refractivity contribution in [3.63, 3.8) is 0 Å². The third kappa shape index (κ3) is 5.16. The van der Waals surface area contributed by atoms with E-state index in [0.717, 1.165) is 17.5 Å². The Labute approximate surface area is 205 Å². The van der Waals surface area contributed by atoms with Crippen molar-refractivity contribution < 1.29 is 23.8 Å². The summed E-state index contributed by atoms with van der Waals surface area (Å²) >= 11 is 0. The number of rotatable bonds is 6. The number of benzene rings is 1. The van der Waals surface area contributed by atoms with Gasteiger partial charge in [-0.2, -0.15) is 0 Å². The molecule has 0 bridgehead atoms. The third-order valence-corrected chi connectivity index (χ3v) is 7.84. The van der Waals surface area contributed by atoms with Crippen LogP contribution in [0.25, 0.3) is 10.9 Å². The molecule has 2 aromatic heterocycles. The molecule has 0 aliphatic carbocycles. The molecule has 3 aromatic rings. The van der Waals surface area contributed by atoms with Gasteiger partial charge in [0.1, 0.15) is 5.52 Å². The molecule has 1 fully saturated rings. The second-order valence-electron chi connectivity index (χ2n) is 8.59. The standard InChI is InChI=1S/C24H29N5O5S/c1-28(2)19(30)14-16-8-3-4-9-17(16)15-26-24(32)21-22(31)20-18(10-7-11-25-20)23(27-21)29-12-5-6-13-35(29,33)34/h3-4,7-11,31,33-34H,5-6,12-15H2,1-2H3,(H,26,32). The topological polar surface area (TPSA) is 139 Å². The van der Waals surface area contributed by atoms with Crippen LogP contribution < -0.4 is 9.62 Å². The van der Waals surface area contributed by atoms with Gasteiger partial charge in [-0.25, -0.2) is 4.98 Å². The van der Waals surface area contributed by atoms with E-state index in [2.05, 4.69) is 15.3 Å². The van der Waals surface area contributed by atoms with Gasteiger partial charge in [-0.15, -0.1) is 10.8 Å². The molecular weight excluding hydrogens is 470 g/mol. The van der Waals surface area contributed by atoms with Crippen LogP contribution in [0.2, 0.25) is 0 Å². The first-order valence-electron chi connectivity index (χ1n) is 11.3. The van der Waals surface area contributed by atoms with Crippen LogP contribution in [0.4, 0.5) is 5.82 Å². The molecule has 0 unspecified atom stereocenters. The normalized spacial score (nSPS) is 16.1. The third-order valence-electron chi connectivity index (χ3n) is 5.95. The molecule has 1 aliphatic rings. The van der Waals surface area contributed by atoms with Crippen molar-refractivity contribution >= 4 is 39.3 Å². The van der Waals surface area contributed by atoms with Crippen LogP contribution in [0, 0.1) is 0 Å². The summed E-state index contributed by atoms with van der Waals surface area (Å²) < 4.78 is 22.7. The number of anilines is 1. The molecule has 0 radical (unpaired) electrons. The summed E-state index contributed by atoms with van der Waals surface area (Å²) in [5, 5.41) is 14.0. The number of nitrogens with zero attached hydrogens (tertiary/aromatic N) is 4. The zero-order chi connectivity index (χ0) is 25.2. The zero-order valence-corrected chi connectivity index (χ0v) is 20.5. The van der Waals surface area contributed by atoms with Crippen molar-refractivity contribution in [1.29, 1.82) is 0 Å². The summed E-state index contributed by atoms with van der Waals surface area (Å²) in [5.74, 6) is -0.673. The van der Waals surface area contributed by atoms with E-state index in [-0.39, 0.29) is 47.4 Å². The van der Waals surface area contributed by atoms with E-state index < -0.39 is 16.7 Å². The minimum Gasteiger partial charge on any atom is -0.504 e. The molecule has 2 amide bonds. The number of hydrogen-bond acceptors (Lipinski definition) is 8. The molecule has 186 valence electrons. The monoisotopic (exact) mass is 499 g/mol. The molecular formula is C24H29N5O5S. The SMILES string of the molecule is CN(C)C(=O)Cc1ccccc1CNC(=O)c1nc(N2CCCCS2(O)O)c2cccnc2c1O. The van der Waals surface area contributed by atoms with E-state index in [1.807, 2.05) is 24.3 Å². The van der Waals surface area contributed by atoms with Gasteiger partial charge >= 0.3 is 0 Å². The summed E-state index contributed by atoms with van der Waals surface area (Å²) in [5.41, 5.74) is 1.45. The van der Waals surface area contributed by atoms with Crippen LogP contribution in [0.5, 0.6) is 5.75 Å². The lowest BCUT2D eigenvalue weighted by atomic mass is 10.0. The fraction of sp³-hybridized carbons (Fsp3) is 0.333. The first-order chi connectivity index (χ1) is 16.7. The largest absolute Gasteiger partial charge is 0.504 e. The fourth-order valence-electron chi connectivity index (χ4n) is 3.99. The first kappa shape index (κ1) is 24.7. The highest BCUT2D eigenvalue weighted by atomic mass is 32.3. The number of aromatic hydroxyl groups is 1. The number of likely N-dealkylation sites (N-methyl/N-ethyl adjacent to an activating group) is 1. The van der Waals surface area contributed by atoms with Gasteiger partial charge in [0.2, 0.25) is 5.91 Å². The Morgan fingerprint density at radius 1 is 1.11 bits per heavy atom. The maximum Gasteiger partial charge on any atom is 0.274 e. The van der Waals surface area contributed by atoms with E-state index in [1.54, 1.807) is 26.2 Å². The highest BCUT2D eigenvalue weighted by molar-refractivity contribution is 8.25. The smallest absolute Gasteiger partial charge is 0.274 e. The lowest BCUT2D eigenvalue weighted by Crippen LogP contribution is -2.35. The number of nitrogens with one attached hydrogen (secondary N) is 1. The summed E-state index contributed by atoms with van der Waals surface area (Å²) in [7, 11) is 0.260. The van der Waals surface area contributed by atoms with Crippen molar-refractivity contribution in [1.82, 2.24) is 20.2 Å². The minimum absolute atomic E-state index is 0.0612. The molecule has 10 nitrogen and oxygen atoms in total. The lowest BCUT2D eigenvalue weighted by molar-refractivity contribution is -0.127. The van der Waals surface area contributed by atoms with Gasteiger partial charge in [-0.1, -0.05) is 24.3 Å². The van der Waals surface area contributed by atoms with Crippen LogP contribution in [0.3, 0.4) is 0 Å². The number of pyridine rings is 2. The summed E-state index contributed by atoms with van der Waals surface area (Å²) in [6, 6.07) is 10.6. The van der Waals surface area contributed by atoms with Crippen molar-refractivity contribution in [3.8, 4) is 5.75 Å². The maximum atomic E-state index is 13.1. The Kier molecular flexibility index (Phi) is 7.10. The Morgan fingerprint density at radius 2 is 1.86 bits per heavy atom. The van der Waals surface area contributed by atoms with E-state index >= 15 is 0 Å². The average Bonchev–Trinajstić information content (AvgIpc) is 2.84. The molecule has 0 spiro atoms. The number of hydrogen-bond donors (Lipinski definition) is 4. The van der Waals surface area contributed by atoms with Crippen molar-refractivity contribution in [2.45, 2.75) is 25.8 Å². The minimum atomic E-state index is -3.11. The highest BCUT2D eigenvalue weighted by Gasteiger charge is 2.31. The van der Waals surface area contributed by atoms with Crippen molar-refractivity contribution in [2.24, 2.45) is 0 Å². The Hall–Kier alpha value is -3.41. The van der Waals surface area contributed by atoms with Crippen LogP contribution >= 0.6 is 10.8 Å². The predicted molar refractivity (Wildman–Crippen MR) is 136 cm³/mol. The molecule has 1 saturated heterocycles. The Balaban J connectivity index is 1.65. The van der Waals surface area contributed by atoms with Crippen LogP contribution in [0.1, 0.15) is 34.5 Å². The fourth-order valence-corrected chi connectivity index (χ4v) is 5.64. The van der Waals surface area contributed by atoms with Gasteiger partial charge in [0.15, 0.2) is 17.3 Å². The number of amides is 2. The molecule has 1 aliphatic heterocycles. The molecule has 0 atom stereocenters. The zero-order valence-electron chi connectivity index (χ0n) is 19.6. The van der Waals surface area contributed by atoms with Crippen molar-refractivity contribution in [3.05, 3.63) is 59.4 Å². The summed E-state index contributed by atoms with van der Waals surface area (Å²) in [6.45, 7) is 0.476. The average molecular weight is 500 g/mol. The van der Waals surface area contributed by atoms with E-state index in [9.17, 15) is 23.8 Å². The highest BCUT2D eigenvalue weighted by Crippen LogP contribution is 2.51. The Morgan fingerprint density at radius 3 is 2.57 bits per heavy atom. The van der Waals surface area contributed by atoms with Gasteiger partial charge in [0, 0.05) is 38.8 Å². The second-order valence-corrected chi connectivity index (χ2v) is 10.7. The first-order valence-corrected chi connectivity index (χ1v) is 12.9. The molecule has 4 rings (SSSR count). The summed E-state index contributed by atoms with van der Waals surface area (Å²) in [6.07, 6.45) is 3.10. The second kappa shape index (κ2) is 10.1. The molecule has 4 N–H and O–H groups in total. The van der Waals surface area contributed by atoms with Crippen LogP contribution in [-0.2, 0) is 17.8 Å². The molecule has 3 heterocycles. The Bertz CT molecular complexity index is 1270. The van der Waals surface area contributed by atoms with Crippen molar-refractivity contribution in [2.75, 3.05) is 30.7 Å². The molecule has 0 saturated carbocycles. The maximum absolute atomic E-state index is 13.1. The summed E-state index contributed by atoms with van der Waals surface area (Å²) in [4.78, 5) is 35.4. The number of aromatic nitrogens is 2. The van der Waals surface area contributed by atoms with E-state index in [0.29, 0.717) is 18.4 Å². The van der Waals surface area contributed by atoms with Crippen LogP contribution in [-0.4, -0.2) is 67.3 Å². The predicted octanol–water partition coefficient (Wildman–Crippen LogP) is 3.16. The molecule has 35 heavy (non-hydrogen) atoms. The van der Waals surface area contributed by atoms with E-state index in [1.165, 1.54) is 15.4 Å². The van der Waals surface area contributed by atoms with Gasteiger partial charge in [-0.05, 0) is 36.1 Å². The quantitative estimate of drug-likeness (QED) is 0.406. The molecule has 1 aromatic carbocycles. The number of carbonyl (C=O) groups is 2.